The molecule has 0 bridgehead atoms. The smallest absolute Gasteiger partial charge is 0.325 e. The van der Waals surface area contributed by atoms with Crippen LogP contribution in [0.5, 0.6) is 0 Å². The monoisotopic (exact) mass is 300 g/mol. The number of aryl methyl sites for hydroxylation is 2. The summed E-state index contributed by atoms with van der Waals surface area (Å²) >= 11 is 0. The number of halogens is 1. The maximum Gasteiger partial charge on any atom is 0.325 e. The number of hydrogen-bond donors (Lipinski definition) is 0. The van der Waals surface area contributed by atoms with Gasteiger partial charge >= 0.3 is 6.03 Å². The van der Waals surface area contributed by atoms with Crippen LogP contribution in [-0.2, 0) is 0 Å². The van der Waals surface area contributed by atoms with Crippen LogP contribution in [0.3, 0.4) is 0 Å². The van der Waals surface area contributed by atoms with Crippen molar-refractivity contribution in [2.45, 2.75) is 13.8 Å². The maximum atomic E-state index is 12.3. The number of urea groups is 1. The molecular weight excluding hydrogens is 276 g/mol. The molecule has 0 radical (unpaired) electrons. The number of likely N-dealkylation sites (N-methyl/N-ethyl adjacent to an activating group) is 1. The lowest BCUT2D eigenvalue weighted by Crippen LogP contribution is -2.43. The first-order chi connectivity index (χ1) is 8.81. The molecule has 0 aliphatic heterocycles. The van der Waals surface area contributed by atoms with Gasteiger partial charge < -0.3 is 9.80 Å². The summed E-state index contributed by atoms with van der Waals surface area (Å²) < 4.78 is 0. The van der Waals surface area contributed by atoms with Gasteiger partial charge in [0, 0.05) is 32.9 Å². The van der Waals surface area contributed by atoms with Crippen LogP contribution in [0, 0.1) is 13.8 Å². The van der Waals surface area contributed by atoms with E-state index in [-0.39, 0.29) is 18.4 Å². The number of aromatic nitrogens is 1. The lowest BCUT2D eigenvalue weighted by atomic mass is 10.2. The average molecular weight is 301 g/mol. The summed E-state index contributed by atoms with van der Waals surface area (Å²) in [4.78, 5) is 22.1. The molecule has 0 saturated heterocycles. The summed E-state index contributed by atoms with van der Waals surface area (Å²) in [5.74, 6) is 0.720. The average Bonchev–Trinajstić information content (AvgIpc) is 2.27. The first-order valence-electron chi connectivity index (χ1n) is 6.40. The van der Waals surface area contributed by atoms with Crippen molar-refractivity contribution in [3.8, 4) is 0 Å². The van der Waals surface area contributed by atoms with Crippen molar-refractivity contribution < 1.29 is 4.79 Å². The van der Waals surface area contributed by atoms with Crippen LogP contribution in [0.1, 0.15) is 11.3 Å². The van der Waals surface area contributed by atoms with E-state index in [0.29, 0.717) is 6.54 Å². The Kier molecular flexibility index (Phi) is 7.53. The van der Waals surface area contributed by atoms with Crippen molar-refractivity contribution in [1.82, 2.24) is 14.8 Å². The minimum atomic E-state index is -0.0423. The van der Waals surface area contributed by atoms with Crippen LogP contribution in [0.4, 0.5) is 10.6 Å². The Bertz CT molecular complexity index is 429. The van der Waals surface area contributed by atoms with E-state index >= 15 is 0 Å². The van der Waals surface area contributed by atoms with E-state index in [2.05, 4.69) is 9.88 Å². The molecule has 0 atom stereocenters. The van der Waals surface area contributed by atoms with Gasteiger partial charge in [-0.15, -0.1) is 12.4 Å². The van der Waals surface area contributed by atoms with Crippen LogP contribution >= 0.6 is 12.4 Å². The molecule has 1 heterocycles. The summed E-state index contributed by atoms with van der Waals surface area (Å²) in [7, 11) is 7.50. The van der Waals surface area contributed by atoms with Crippen molar-refractivity contribution in [3.05, 3.63) is 23.4 Å². The Labute approximate surface area is 128 Å². The number of pyridine rings is 1. The summed E-state index contributed by atoms with van der Waals surface area (Å²) in [5, 5.41) is 0. The molecule has 0 aliphatic rings. The minimum absolute atomic E-state index is 0. The number of hydrogen-bond acceptors (Lipinski definition) is 3. The van der Waals surface area contributed by atoms with Crippen LogP contribution < -0.4 is 4.90 Å². The standard InChI is InChI=1S/C14H24N4O.ClH/c1-11-9-12(2)15-13(10-11)18(8-7-16(3)4)14(19)17(5)6;/h9-10H,7-8H2,1-6H3;1H. The molecule has 0 saturated carbocycles. The van der Waals surface area contributed by atoms with E-state index in [9.17, 15) is 4.79 Å². The van der Waals surface area contributed by atoms with Crippen molar-refractivity contribution in [2.75, 3.05) is 46.2 Å². The Morgan fingerprint density at radius 3 is 2.15 bits per heavy atom. The van der Waals surface area contributed by atoms with Gasteiger partial charge in [-0.25, -0.2) is 9.78 Å². The molecule has 0 fully saturated rings. The summed E-state index contributed by atoms with van der Waals surface area (Å²) in [5.41, 5.74) is 2.04. The third kappa shape index (κ3) is 5.35. The number of anilines is 1. The second-order valence-corrected chi connectivity index (χ2v) is 5.28. The first kappa shape index (κ1) is 18.7. The number of carbonyl (C=O) groups is 1. The predicted octanol–water partition coefficient (Wildman–Crippen LogP) is 2.17. The molecule has 0 unspecified atom stereocenters. The molecule has 1 aromatic heterocycles. The molecule has 5 nitrogen and oxygen atoms in total. The van der Waals surface area contributed by atoms with E-state index in [1.807, 2.05) is 40.1 Å². The molecule has 1 aromatic rings. The van der Waals surface area contributed by atoms with Gasteiger partial charge in [-0.2, -0.15) is 0 Å². The highest BCUT2D eigenvalue weighted by Gasteiger charge is 2.19. The van der Waals surface area contributed by atoms with E-state index in [1.165, 1.54) is 0 Å². The summed E-state index contributed by atoms with van der Waals surface area (Å²) in [6.45, 7) is 5.39. The highest BCUT2D eigenvalue weighted by molar-refractivity contribution is 5.90. The van der Waals surface area contributed by atoms with Gasteiger partial charge in [-0.3, -0.25) is 4.90 Å². The largest absolute Gasteiger partial charge is 0.330 e. The normalized spacial score (nSPS) is 10.2. The minimum Gasteiger partial charge on any atom is -0.330 e. The third-order valence-corrected chi connectivity index (χ3v) is 2.75. The number of nitrogens with zero attached hydrogens (tertiary/aromatic N) is 4. The topological polar surface area (TPSA) is 39.7 Å². The third-order valence-electron chi connectivity index (χ3n) is 2.75. The SMILES string of the molecule is Cc1cc(C)nc(N(CCN(C)C)C(=O)N(C)C)c1.Cl. The van der Waals surface area contributed by atoms with Gasteiger partial charge in [0.25, 0.3) is 0 Å². The second kappa shape index (κ2) is 8.07. The van der Waals surface area contributed by atoms with Crippen molar-refractivity contribution >= 4 is 24.3 Å². The van der Waals surface area contributed by atoms with E-state index in [0.717, 1.165) is 23.6 Å². The summed E-state index contributed by atoms with van der Waals surface area (Å²) in [6.07, 6.45) is 0. The van der Waals surface area contributed by atoms with Crippen LogP contribution in [-0.4, -0.2) is 62.1 Å². The Morgan fingerprint density at radius 1 is 1.10 bits per heavy atom. The molecule has 1 rings (SSSR count). The van der Waals surface area contributed by atoms with Gasteiger partial charge in [0.05, 0.1) is 0 Å². The number of rotatable bonds is 4. The van der Waals surface area contributed by atoms with Crippen molar-refractivity contribution in [1.29, 1.82) is 0 Å². The van der Waals surface area contributed by atoms with Crippen LogP contribution in [0.15, 0.2) is 12.1 Å². The van der Waals surface area contributed by atoms with Gasteiger partial charge in [0.15, 0.2) is 0 Å². The quantitative estimate of drug-likeness (QED) is 0.855. The summed E-state index contributed by atoms with van der Waals surface area (Å²) in [6, 6.07) is 3.91. The molecule has 6 heteroatoms. The molecule has 0 aliphatic carbocycles. The number of amides is 2. The lowest BCUT2D eigenvalue weighted by molar-refractivity contribution is 0.222. The highest BCUT2D eigenvalue weighted by Crippen LogP contribution is 2.15. The van der Waals surface area contributed by atoms with E-state index in [4.69, 9.17) is 0 Å². The highest BCUT2D eigenvalue weighted by atomic mass is 35.5. The van der Waals surface area contributed by atoms with Crippen molar-refractivity contribution in [3.63, 3.8) is 0 Å². The molecule has 0 N–H and O–H groups in total. The molecule has 20 heavy (non-hydrogen) atoms. The Morgan fingerprint density at radius 2 is 1.70 bits per heavy atom. The lowest BCUT2D eigenvalue weighted by Gasteiger charge is -2.27. The van der Waals surface area contributed by atoms with Gasteiger partial charge in [-0.1, -0.05) is 0 Å². The van der Waals surface area contributed by atoms with Gasteiger partial charge in [0.1, 0.15) is 5.82 Å². The Hall–Kier alpha value is -1.33. The van der Waals surface area contributed by atoms with Crippen molar-refractivity contribution in [2.24, 2.45) is 0 Å². The predicted molar refractivity (Wildman–Crippen MR) is 85.9 cm³/mol. The zero-order chi connectivity index (χ0) is 14.6. The maximum absolute atomic E-state index is 12.3. The fourth-order valence-corrected chi connectivity index (χ4v) is 1.81. The van der Waals surface area contributed by atoms with Gasteiger partial charge in [-0.05, 0) is 45.6 Å². The van der Waals surface area contributed by atoms with Gasteiger partial charge in [0.2, 0.25) is 0 Å². The fourth-order valence-electron chi connectivity index (χ4n) is 1.81. The Balaban J connectivity index is 0.00000361. The fraction of sp³-hybridized carbons (Fsp3) is 0.571. The molecule has 0 aromatic carbocycles. The zero-order valence-electron chi connectivity index (χ0n) is 13.2. The van der Waals surface area contributed by atoms with E-state index in [1.54, 1.807) is 23.9 Å². The van der Waals surface area contributed by atoms with E-state index < -0.39 is 0 Å². The first-order valence-corrected chi connectivity index (χ1v) is 6.40. The zero-order valence-corrected chi connectivity index (χ0v) is 14.0. The second-order valence-electron chi connectivity index (χ2n) is 5.28. The molecule has 2 amide bonds. The number of carbonyl (C=O) groups excluding carboxylic acids is 1. The van der Waals surface area contributed by atoms with Crippen LogP contribution in [0.25, 0.3) is 0 Å². The molecule has 114 valence electrons. The molecular formula is C14H25ClN4O. The van der Waals surface area contributed by atoms with Crippen LogP contribution in [0.2, 0.25) is 0 Å². The molecule has 0 spiro atoms.